The SMILES string of the molecule is CC(=O)O[C@H]1C[C@@]2(C)C3=CC[C@H]4C(C)(C)[C@@H](O[C@@H]5OC[C@@H](O)[C@H](O)[C@H]5O[C@@H]5O[C@H](C)C[C@H](O)[C@H]5O[C@@H]5OC[C@@H](O)[C@H](O)[C@H]5O)CC[C@]4(C)[C@@H]3CC[C@@]23C(=O)O[C@@](C)(/C=C/C=C(C)C)[C@@H]13. The summed E-state index contributed by atoms with van der Waals surface area (Å²) >= 11 is 0. The normalized spacial score (nSPS) is 51.0. The minimum absolute atomic E-state index is 0.129. The molecule has 0 bridgehead atoms. The Hall–Kier alpha value is -2.32. The predicted molar refractivity (Wildman–Crippen MR) is 226 cm³/mol. The lowest BCUT2D eigenvalue weighted by Crippen LogP contribution is -2.63. The number of carbonyl (C=O) groups is 2. The molecule has 8 rings (SSSR count). The Morgan fingerprint density at radius 2 is 1.48 bits per heavy atom. The van der Waals surface area contributed by atoms with Gasteiger partial charge in [-0.25, -0.2) is 0 Å². The van der Waals surface area contributed by atoms with Gasteiger partial charge in [-0.3, -0.25) is 9.59 Å². The van der Waals surface area contributed by atoms with Gasteiger partial charge in [0.15, 0.2) is 18.9 Å². The zero-order valence-electron chi connectivity index (χ0n) is 38.8. The molecule has 4 aliphatic carbocycles. The van der Waals surface area contributed by atoms with Crippen molar-refractivity contribution in [3.63, 3.8) is 0 Å². The van der Waals surface area contributed by atoms with Gasteiger partial charge in [0.25, 0.3) is 0 Å². The van der Waals surface area contributed by atoms with Gasteiger partial charge < -0.3 is 68.5 Å². The van der Waals surface area contributed by atoms with Crippen LogP contribution in [0.5, 0.6) is 0 Å². The standard InChI is InChI=1S/C48H72O16/c1-23(2)11-10-16-47(9)39-31(60-25(4)49)20-46(8)27-12-13-32-44(5,6)33(15-17-45(32,7)26(27)14-18-48(39,46)43(56)64-47)61-41-38(35(54)30(52)22-58-41)63-42-37(28(50)19-24(3)59-42)62-40-36(55)34(53)29(51)21-57-40/h10-12,16,24,26,28-42,50-55H,13-15,17-22H2,1-9H3/b16-10+/t24-,26-,28+,29-,30-,31+,32+,33+,34+,35+,36-,37-,38-,39-,40+,41+,42+,45-,46+,47+,48-/m1/s1. The van der Waals surface area contributed by atoms with E-state index in [-0.39, 0.29) is 60.8 Å². The summed E-state index contributed by atoms with van der Waals surface area (Å²) in [5.74, 6) is -0.693. The highest BCUT2D eigenvalue weighted by Gasteiger charge is 2.79. The Balaban J connectivity index is 1.04. The Kier molecular flexibility index (Phi) is 13.0. The fraction of sp³-hybridized carbons (Fsp3) is 0.833. The molecule has 16 nitrogen and oxygen atoms in total. The van der Waals surface area contributed by atoms with Crippen molar-refractivity contribution < 1.29 is 78.1 Å². The van der Waals surface area contributed by atoms with Crippen molar-refractivity contribution >= 4 is 11.9 Å². The molecule has 0 aromatic carbocycles. The van der Waals surface area contributed by atoms with E-state index in [0.29, 0.717) is 19.3 Å². The number of esters is 2. The summed E-state index contributed by atoms with van der Waals surface area (Å²) in [6.07, 6.45) is -3.99. The first-order valence-corrected chi connectivity index (χ1v) is 23.4. The monoisotopic (exact) mass is 904 g/mol. The van der Waals surface area contributed by atoms with Crippen molar-refractivity contribution in [1.82, 2.24) is 0 Å². The summed E-state index contributed by atoms with van der Waals surface area (Å²) in [4.78, 5) is 27.2. The maximum absolute atomic E-state index is 14.5. The van der Waals surface area contributed by atoms with Crippen molar-refractivity contribution in [2.75, 3.05) is 13.2 Å². The third-order valence-electron chi connectivity index (χ3n) is 17.0. The molecule has 7 fully saturated rings. The highest BCUT2D eigenvalue weighted by molar-refractivity contribution is 5.84. The van der Waals surface area contributed by atoms with Crippen molar-refractivity contribution in [1.29, 1.82) is 0 Å². The average Bonchev–Trinajstić information content (AvgIpc) is 3.61. The van der Waals surface area contributed by atoms with Gasteiger partial charge in [-0.1, -0.05) is 57.1 Å². The first-order chi connectivity index (χ1) is 30.0. The summed E-state index contributed by atoms with van der Waals surface area (Å²) in [5, 5.41) is 64.3. The zero-order chi connectivity index (χ0) is 46.5. The Labute approximate surface area is 376 Å². The van der Waals surface area contributed by atoms with Crippen molar-refractivity contribution in [2.24, 2.45) is 39.4 Å². The molecule has 0 unspecified atom stereocenters. The number of cyclic esters (lactones) is 1. The van der Waals surface area contributed by atoms with E-state index in [0.717, 1.165) is 24.8 Å². The molecule has 0 amide bonds. The molecule has 21 atom stereocenters. The largest absolute Gasteiger partial charge is 0.462 e. The summed E-state index contributed by atoms with van der Waals surface area (Å²) in [7, 11) is 0. The summed E-state index contributed by atoms with van der Waals surface area (Å²) < 4.78 is 49.4. The minimum Gasteiger partial charge on any atom is -0.462 e. The number of ether oxygens (including phenoxy) is 8. The van der Waals surface area contributed by atoms with E-state index in [9.17, 15) is 40.2 Å². The fourth-order valence-electron chi connectivity index (χ4n) is 13.9. The van der Waals surface area contributed by atoms with E-state index >= 15 is 0 Å². The molecule has 1 spiro atoms. The van der Waals surface area contributed by atoms with Crippen molar-refractivity contribution in [3.05, 3.63) is 35.5 Å². The van der Waals surface area contributed by atoms with Gasteiger partial charge >= 0.3 is 11.9 Å². The van der Waals surface area contributed by atoms with Crippen LogP contribution in [-0.2, 0) is 47.5 Å². The second kappa shape index (κ2) is 17.3. The van der Waals surface area contributed by atoms with Gasteiger partial charge in [0, 0.05) is 18.8 Å². The lowest BCUT2D eigenvalue weighted by molar-refractivity contribution is -0.376. The van der Waals surface area contributed by atoms with Crippen LogP contribution in [0.1, 0.15) is 107 Å². The number of allylic oxidation sites excluding steroid dienone is 5. The van der Waals surface area contributed by atoms with Crippen LogP contribution >= 0.6 is 0 Å². The third kappa shape index (κ3) is 7.76. The van der Waals surface area contributed by atoms with Crippen LogP contribution in [0.15, 0.2) is 35.5 Å². The van der Waals surface area contributed by atoms with E-state index in [1.165, 1.54) is 12.5 Å². The maximum Gasteiger partial charge on any atom is 0.314 e. The molecule has 0 aromatic heterocycles. The third-order valence-corrected chi connectivity index (χ3v) is 17.0. The van der Waals surface area contributed by atoms with E-state index < -0.39 is 102 Å². The van der Waals surface area contributed by atoms with Crippen LogP contribution in [0.4, 0.5) is 0 Å². The van der Waals surface area contributed by atoms with E-state index in [4.69, 9.17) is 37.9 Å². The first-order valence-electron chi connectivity index (χ1n) is 23.4. The van der Waals surface area contributed by atoms with Gasteiger partial charge in [0.05, 0.1) is 42.9 Å². The number of hydrogen-bond acceptors (Lipinski definition) is 16. The predicted octanol–water partition coefficient (Wildman–Crippen LogP) is 3.12. The van der Waals surface area contributed by atoms with Crippen LogP contribution in [0.25, 0.3) is 0 Å². The summed E-state index contributed by atoms with van der Waals surface area (Å²) in [6.45, 7) is 17.6. The number of carbonyl (C=O) groups excluding carboxylic acids is 2. The molecule has 4 heterocycles. The summed E-state index contributed by atoms with van der Waals surface area (Å²) in [5.41, 5.74) is -0.721. The second-order valence-electron chi connectivity index (χ2n) is 21.7. The van der Waals surface area contributed by atoms with Gasteiger partial charge in [-0.15, -0.1) is 0 Å². The minimum atomic E-state index is -1.64. The molecule has 0 radical (unpaired) electrons. The highest BCUT2D eigenvalue weighted by atomic mass is 16.8. The molecular weight excluding hydrogens is 833 g/mol. The van der Waals surface area contributed by atoms with Gasteiger partial charge in [-0.2, -0.15) is 0 Å². The molecule has 6 N–H and O–H groups in total. The van der Waals surface area contributed by atoms with Crippen LogP contribution < -0.4 is 0 Å². The molecule has 360 valence electrons. The van der Waals surface area contributed by atoms with Crippen LogP contribution in [0.3, 0.4) is 0 Å². The number of fused-ring (bicyclic) bond motifs is 4. The van der Waals surface area contributed by atoms with E-state index in [2.05, 4.69) is 33.8 Å². The Morgan fingerprint density at radius 3 is 2.17 bits per heavy atom. The quantitative estimate of drug-likeness (QED) is 0.111. The highest BCUT2D eigenvalue weighted by Crippen LogP contribution is 2.76. The molecule has 4 saturated heterocycles. The van der Waals surface area contributed by atoms with Crippen molar-refractivity contribution in [2.45, 2.75) is 199 Å². The zero-order valence-corrected chi connectivity index (χ0v) is 38.8. The van der Waals surface area contributed by atoms with Crippen LogP contribution in [0, 0.1) is 39.4 Å². The van der Waals surface area contributed by atoms with Gasteiger partial charge in [0.1, 0.15) is 54.4 Å². The Bertz CT molecular complexity index is 1860. The number of rotatable bonds is 9. The molecule has 8 aliphatic rings. The lowest BCUT2D eigenvalue weighted by atomic mass is 9.41. The second-order valence-corrected chi connectivity index (χ2v) is 21.7. The van der Waals surface area contributed by atoms with Crippen LogP contribution in [-0.4, -0.2) is 147 Å². The van der Waals surface area contributed by atoms with Crippen LogP contribution in [0.2, 0.25) is 0 Å². The van der Waals surface area contributed by atoms with E-state index in [1.54, 1.807) is 6.92 Å². The van der Waals surface area contributed by atoms with Crippen molar-refractivity contribution in [3.8, 4) is 0 Å². The molecule has 4 aliphatic heterocycles. The Morgan fingerprint density at radius 1 is 0.812 bits per heavy atom. The average molecular weight is 905 g/mol. The first kappa shape index (κ1) is 48.1. The fourth-order valence-corrected chi connectivity index (χ4v) is 13.9. The molecule has 0 aromatic rings. The number of hydrogen-bond donors (Lipinski definition) is 6. The van der Waals surface area contributed by atoms with E-state index in [1.807, 2.05) is 39.0 Å². The molecular formula is C48H72O16. The maximum atomic E-state index is 14.5. The van der Waals surface area contributed by atoms with Gasteiger partial charge in [0.2, 0.25) is 0 Å². The molecule has 64 heavy (non-hydrogen) atoms. The lowest BCUT2D eigenvalue weighted by Gasteiger charge is -2.63. The number of aliphatic hydroxyl groups is 6. The molecule has 16 heteroatoms. The smallest absolute Gasteiger partial charge is 0.314 e. The molecule has 3 saturated carbocycles. The van der Waals surface area contributed by atoms with Gasteiger partial charge in [-0.05, 0) is 95.0 Å². The number of aliphatic hydroxyl groups excluding tert-OH is 6. The topological polar surface area (TPSA) is 229 Å². The summed E-state index contributed by atoms with van der Waals surface area (Å²) in [6, 6.07) is 0.